The number of hydrogen-bond donors (Lipinski definition) is 1. The van der Waals surface area contributed by atoms with Crippen molar-refractivity contribution in [1.29, 1.82) is 0 Å². The van der Waals surface area contributed by atoms with Gasteiger partial charge in [-0.15, -0.1) is 5.10 Å². The van der Waals surface area contributed by atoms with Crippen molar-refractivity contribution in [2.45, 2.75) is 32.0 Å². The van der Waals surface area contributed by atoms with Gasteiger partial charge in [0.15, 0.2) is 0 Å². The minimum absolute atomic E-state index is 0.0279. The molecule has 2 aliphatic rings. The molecule has 0 bridgehead atoms. The van der Waals surface area contributed by atoms with E-state index in [4.69, 9.17) is 5.73 Å². The summed E-state index contributed by atoms with van der Waals surface area (Å²) >= 11 is 0. The molecular weight excluding hydrogens is 166 g/mol. The lowest BCUT2D eigenvalue weighted by atomic mass is 10.1. The fraction of sp³-hybridized carbons (Fsp3) is 0.625. The van der Waals surface area contributed by atoms with Gasteiger partial charge in [0.2, 0.25) is 0 Å². The van der Waals surface area contributed by atoms with E-state index in [1.165, 1.54) is 0 Å². The fourth-order valence-electron chi connectivity index (χ4n) is 1.59. The van der Waals surface area contributed by atoms with E-state index in [0.717, 1.165) is 0 Å². The molecule has 0 aromatic heterocycles. The van der Waals surface area contributed by atoms with Crippen LogP contribution in [0.25, 0.3) is 0 Å². The molecule has 0 amide bonds. The maximum Gasteiger partial charge on any atom is 0.149 e. The van der Waals surface area contributed by atoms with Crippen molar-refractivity contribution < 1.29 is 0 Å². The molecule has 0 fully saturated rings. The van der Waals surface area contributed by atoms with E-state index in [0.29, 0.717) is 11.9 Å². The van der Waals surface area contributed by atoms with E-state index in [9.17, 15) is 0 Å². The zero-order valence-corrected chi connectivity index (χ0v) is 7.75. The number of hydrogen-bond acceptors (Lipinski definition) is 5. The lowest BCUT2D eigenvalue weighted by Gasteiger charge is -2.28. The van der Waals surface area contributed by atoms with Crippen molar-refractivity contribution in [3.63, 3.8) is 0 Å². The van der Waals surface area contributed by atoms with Crippen LogP contribution in [0.3, 0.4) is 0 Å². The highest BCUT2D eigenvalue weighted by Gasteiger charge is 2.35. The highest BCUT2D eigenvalue weighted by molar-refractivity contribution is 5.96. The number of rotatable bonds is 1. The first-order valence-corrected chi connectivity index (χ1v) is 4.37. The monoisotopic (exact) mass is 179 g/mol. The number of fused-ring (bicyclic) bond motifs is 1. The zero-order valence-electron chi connectivity index (χ0n) is 7.75. The van der Waals surface area contributed by atoms with Crippen LogP contribution in [0.4, 0.5) is 0 Å². The SMILES string of the molecule is CC(C)N1C=NC2C(N)=NN=CC21. The Bertz CT molecular complexity index is 291. The molecule has 0 saturated carbocycles. The van der Waals surface area contributed by atoms with Gasteiger partial charge in [-0.1, -0.05) is 0 Å². The van der Waals surface area contributed by atoms with E-state index < -0.39 is 0 Å². The molecule has 2 rings (SSSR count). The van der Waals surface area contributed by atoms with Crippen LogP contribution in [-0.2, 0) is 0 Å². The molecule has 2 unspecified atom stereocenters. The summed E-state index contributed by atoms with van der Waals surface area (Å²) in [5, 5.41) is 7.64. The largest absolute Gasteiger partial charge is 0.384 e. The molecule has 0 radical (unpaired) electrons. The molecule has 0 spiro atoms. The summed E-state index contributed by atoms with van der Waals surface area (Å²) in [5.41, 5.74) is 5.68. The molecule has 70 valence electrons. The molecule has 0 aliphatic carbocycles. The van der Waals surface area contributed by atoms with E-state index in [2.05, 4.69) is 33.9 Å². The van der Waals surface area contributed by atoms with Crippen LogP contribution < -0.4 is 5.73 Å². The fourth-order valence-corrected chi connectivity index (χ4v) is 1.59. The van der Waals surface area contributed by atoms with Crippen LogP contribution in [0.2, 0.25) is 0 Å². The standard InChI is InChI=1S/C8H13N5/c1-5(2)13-4-10-7-6(13)3-11-12-8(7)9/h3-7H,1-2H3,(H2,9,12). The minimum Gasteiger partial charge on any atom is -0.384 e. The first-order chi connectivity index (χ1) is 6.20. The van der Waals surface area contributed by atoms with Gasteiger partial charge < -0.3 is 10.6 Å². The number of amidine groups is 1. The molecule has 0 aromatic rings. The van der Waals surface area contributed by atoms with Crippen LogP contribution >= 0.6 is 0 Å². The Labute approximate surface area is 77.0 Å². The molecule has 13 heavy (non-hydrogen) atoms. The Balaban J connectivity index is 2.23. The van der Waals surface area contributed by atoms with Crippen LogP contribution in [0.5, 0.6) is 0 Å². The molecule has 2 aliphatic heterocycles. The van der Waals surface area contributed by atoms with Crippen molar-refractivity contribution >= 4 is 18.4 Å². The van der Waals surface area contributed by atoms with Gasteiger partial charge in [-0.05, 0) is 13.8 Å². The first-order valence-electron chi connectivity index (χ1n) is 4.37. The van der Waals surface area contributed by atoms with Crippen molar-refractivity contribution in [3.8, 4) is 0 Å². The summed E-state index contributed by atoms with van der Waals surface area (Å²) in [6.45, 7) is 4.23. The van der Waals surface area contributed by atoms with E-state index in [-0.39, 0.29) is 12.1 Å². The average Bonchev–Trinajstić information content (AvgIpc) is 2.48. The molecule has 0 aromatic carbocycles. The van der Waals surface area contributed by atoms with Crippen LogP contribution in [0, 0.1) is 0 Å². The molecular formula is C8H13N5. The lowest BCUT2D eigenvalue weighted by molar-refractivity contribution is 0.340. The lowest BCUT2D eigenvalue weighted by Crippen LogP contribution is -2.47. The summed E-state index contributed by atoms with van der Waals surface area (Å²) in [4.78, 5) is 6.43. The molecule has 5 nitrogen and oxygen atoms in total. The highest BCUT2D eigenvalue weighted by Crippen LogP contribution is 2.17. The third-order valence-corrected chi connectivity index (χ3v) is 2.32. The molecule has 2 heterocycles. The second-order valence-electron chi connectivity index (χ2n) is 3.53. The van der Waals surface area contributed by atoms with E-state index in [1.54, 1.807) is 6.21 Å². The Morgan fingerprint density at radius 1 is 1.54 bits per heavy atom. The molecule has 5 heteroatoms. The summed E-state index contributed by atoms with van der Waals surface area (Å²) in [6, 6.07) is 0.550. The van der Waals surface area contributed by atoms with Crippen molar-refractivity contribution in [2.24, 2.45) is 20.9 Å². The van der Waals surface area contributed by atoms with E-state index >= 15 is 0 Å². The Kier molecular flexibility index (Phi) is 1.79. The summed E-state index contributed by atoms with van der Waals surface area (Å²) < 4.78 is 0. The third kappa shape index (κ3) is 1.20. The Morgan fingerprint density at radius 3 is 3.00 bits per heavy atom. The van der Waals surface area contributed by atoms with Gasteiger partial charge in [-0.2, -0.15) is 5.10 Å². The smallest absolute Gasteiger partial charge is 0.149 e. The van der Waals surface area contributed by atoms with Crippen molar-refractivity contribution in [3.05, 3.63) is 0 Å². The van der Waals surface area contributed by atoms with Gasteiger partial charge in [0.25, 0.3) is 0 Å². The Hall–Kier alpha value is -1.39. The second kappa shape index (κ2) is 2.83. The Morgan fingerprint density at radius 2 is 2.31 bits per heavy atom. The molecule has 0 saturated heterocycles. The van der Waals surface area contributed by atoms with Crippen LogP contribution in [0.1, 0.15) is 13.8 Å². The zero-order chi connectivity index (χ0) is 9.42. The van der Waals surface area contributed by atoms with Gasteiger partial charge in [0.05, 0.1) is 18.6 Å². The maximum absolute atomic E-state index is 5.68. The minimum atomic E-state index is -0.0279. The number of nitrogens with zero attached hydrogens (tertiary/aromatic N) is 4. The third-order valence-electron chi connectivity index (χ3n) is 2.32. The average molecular weight is 179 g/mol. The first kappa shape index (κ1) is 8.22. The predicted octanol–water partition coefficient (Wildman–Crippen LogP) is -0.168. The predicted molar refractivity (Wildman–Crippen MR) is 53.2 cm³/mol. The van der Waals surface area contributed by atoms with Crippen LogP contribution in [0.15, 0.2) is 15.2 Å². The number of nitrogens with two attached hydrogens (primary N) is 1. The summed E-state index contributed by atoms with van der Waals surface area (Å²) in [5.74, 6) is 0.506. The van der Waals surface area contributed by atoms with Gasteiger partial charge in [-0.25, -0.2) is 0 Å². The number of aliphatic imine (C=N–C) groups is 1. The van der Waals surface area contributed by atoms with Crippen molar-refractivity contribution in [1.82, 2.24) is 4.90 Å². The van der Waals surface area contributed by atoms with Gasteiger partial charge >= 0.3 is 0 Å². The van der Waals surface area contributed by atoms with Crippen molar-refractivity contribution in [2.75, 3.05) is 0 Å². The molecule has 2 atom stereocenters. The summed E-state index contributed by atoms with van der Waals surface area (Å²) in [7, 11) is 0. The summed E-state index contributed by atoms with van der Waals surface area (Å²) in [6.07, 6.45) is 3.63. The van der Waals surface area contributed by atoms with Gasteiger partial charge in [-0.3, -0.25) is 4.99 Å². The maximum atomic E-state index is 5.68. The normalized spacial score (nSPS) is 31.0. The highest BCUT2D eigenvalue weighted by atomic mass is 15.3. The van der Waals surface area contributed by atoms with Crippen LogP contribution in [-0.4, -0.2) is 41.4 Å². The quantitative estimate of drug-likeness (QED) is 0.607. The van der Waals surface area contributed by atoms with Gasteiger partial charge in [0.1, 0.15) is 11.9 Å². The van der Waals surface area contributed by atoms with E-state index in [1.807, 2.05) is 6.34 Å². The van der Waals surface area contributed by atoms with Gasteiger partial charge in [0, 0.05) is 6.04 Å². The topological polar surface area (TPSA) is 66.3 Å². The molecule has 2 N–H and O–H groups in total. The second-order valence-corrected chi connectivity index (χ2v) is 3.53.